The van der Waals surface area contributed by atoms with E-state index in [2.05, 4.69) is 45.5 Å². The van der Waals surface area contributed by atoms with Gasteiger partial charge >= 0.3 is 0 Å². The minimum Gasteiger partial charge on any atom is -0.325 e. The SMILES string of the molecule is N#Cc1cccc(-c2ccc3c(c2)CCN(CC(=O)Nc2cc(Cl)cc(Cl)c2)C32CCN(C3CCC3)CC2)c1. The molecule has 0 aromatic heterocycles. The molecule has 3 aromatic carbocycles. The maximum absolute atomic E-state index is 13.3. The second-order valence-corrected chi connectivity index (χ2v) is 12.0. The van der Waals surface area contributed by atoms with Crippen LogP contribution in [0.5, 0.6) is 0 Å². The van der Waals surface area contributed by atoms with Crippen LogP contribution in [0.15, 0.2) is 60.7 Å². The molecule has 2 heterocycles. The first-order valence-corrected chi connectivity index (χ1v) is 14.6. The molecule has 1 saturated carbocycles. The van der Waals surface area contributed by atoms with Gasteiger partial charge in [0.1, 0.15) is 0 Å². The van der Waals surface area contributed by atoms with Crippen LogP contribution in [0, 0.1) is 11.3 Å². The summed E-state index contributed by atoms with van der Waals surface area (Å²) in [5.74, 6) is -0.0532. The predicted molar refractivity (Wildman–Crippen MR) is 157 cm³/mol. The fourth-order valence-electron chi connectivity index (χ4n) is 6.67. The molecule has 2 aliphatic heterocycles. The standard InChI is InChI=1S/C32H32Cl2N4O/c33-26-17-27(34)19-28(18-26)36-31(39)21-38-12-9-25-16-24(23-4-1-3-22(15-23)20-35)7-8-30(25)32(38)10-13-37(14-11-32)29-5-2-6-29/h1,3-4,7-8,15-19,29H,2,5-6,9-14,21H2,(H,36,39). The van der Waals surface area contributed by atoms with Crippen LogP contribution in [-0.2, 0) is 16.8 Å². The van der Waals surface area contributed by atoms with Crippen molar-refractivity contribution in [2.24, 2.45) is 0 Å². The summed E-state index contributed by atoms with van der Waals surface area (Å²) in [4.78, 5) is 18.4. The lowest BCUT2D eigenvalue weighted by molar-refractivity contribution is -0.120. The zero-order valence-electron chi connectivity index (χ0n) is 21.9. The number of hydrogen-bond donors (Lipinski definition) is 1. The Balaban J connectivity index is 1.29. The summed E-state index contributed by atoms with van der Waals surface area (Å²) in [6.45, 7) is 3.25. The summed E-state index contributed by atoms with van der Waals surface area (Å²) < 4.78 is 0. The Morgan fingerprint density at radius 2 is 1.72 bits per heavy atom. The number of halogens is 2. The molecular formula is C32H32Cl2N4O. The van der Waals surface area contributed by atoms with Crippen molar-refractivity contribution in [2.45, 2.75) is 50.1 Å². The second kappa shape index (κ2) is 10.9. The van der Waals surface area contributed by atoms with Crippen molar-refractivity contribution in [3.8, 4) is 17.2 Å². The van der Waals surface area contributed by atoms with E-state index in [1.165, 1.54) is 30.4 Å². The van der Waals surface area contributed by atoms with Gasteiger partial charge in [-0.05, 0) is 84.7 Å². The number of nitrogens with zero attached hydrogens (tertiary/aromatic N) is 3. The Morgan fingerprint density at radius 3 is 2.41 bits per heavy atom. The van der Waals surface area contributed by atoms with Crippen molar-refractivity contribution in [3.63, 3.8) is 0 Å². The molecule has 1 aliphatic carbocycles. The highest BCUT2D eigenvalue weighted by Crippen LogP contribution is 2.45. The van der Waals surface area contributed by atoms with Crippen LogP contribution in [0.3, 0.4) is 0 Å². The van der Waals surface area contributed by atoms with Crippen LogP contribution in [0.4, 0.5) is 5.69 Å². The third-order valence-electron chi connectivity index (χ3n) is 8.89. The number of carbonyl (C=O) groups excluding carboxylic acids is 1. The molecule has 5 nitrogen and oxygen atoms in total. The Kier molecular flexibility index (Phi) is 7.39. The van der Waals surface area contributed by atoms with Crippen LogP contribution >= 0.6 is 23.2 Å². The van der Waals surface area contributed by atoms with Gasteiger partial charge in [-0.3, -0.25) is 9.69 Å². The summed E-state index contributed by atoms with van der Waals surface area (Å²) >= 11 is 12.3. The van der Waals surface area contributed by atoms with Crippen LogP contribution in [0.25, 0.3) is 11.1 Å². The molecule has 200 valence electrons. The zero-order chi connectivity index (χ0) is 27.0. The van der Waals surface area contributed by atoms with E-state index < -0.39 is 0 Å². The van der Waals surface area contributed by atoms with Crippen LogP contribution in [-0.4, -0.2) is 47.9 Å². The molecule has 1 spiro atoms. The fourth-order valence-corrected chi connectivity index (χ4v) is 7.19. The summed E-state index contributed by atoms with van der Waals surface area (Å²) in [7, 11) is 0. The molecule has 6 rings (SSSR count). The van der Waals surface area contributed by atoms with Gasteiger partial charge in [-0.1, -0.05) is 60.0 Å². The lowest BCUT2D eigenvalue weighted by atomic mass is 9.72. The minimum atomic E-state index is -0.176. The van der Waals surface area contributed by atoms with Crippen LogP contribution in [0.2, 0.25) is 10.0 Å². The molecule has 1 saturated heterocycles. The smallest absolute Gasteiger partial charge is 0.238 e. The average molecular weight is 560 g/mol. The molecule has 2 fully saturated rings. The fraction of sp³-hybridized carbons (Fsp3) is 0.375. The van der Waals surface area contributed by atoms with Gasteiger partial charge in [-0.25, -0.2) is 0 Å². The summed E-state index contributed by atoms with van der Waals surface area (Å²) in [6.07, 6.45) is 6.86. The van der Waals surface area contributed by atoms with Gasteiger partial charge in [0.15, 0.2) is 0 Å². The van der Waals surface area contributed by atoms with E-state index >= 15 is 0 Å². The van der Waals surface area contributed by atoms with Crippen molar-refractivity contribution < 1.29 is 4.79 Å². The maximum atomic E-state index is 13.3. The van der Waals surface area contributed by atoms with Crippen LogP contribution in [0.1, 0.15) is 48.8 Å². The number of carbonyl (C=O) groups is 1. The number of fused-ring (bicyclic) bond motifs is 2. The maximum Gasteiger partial charge on any atom is 0.238 e. The number of anilines is 1. The highest BCUT2D eigenvalue weighted by Gasteiger charge is 2.46. The van der Waals surface area contributed by atoms with E-state index in [0.717, 1.165) is 56.1 Å². The lowest BCUT2D eigenvalue weighted by Crippen LogP contribution is -2.59. The average Bonchev–Trinajstić information content (AvgIpc) is 2.90. The van der Waals surface area contributed by atoms with E-state index in [9.17, 15) is 10.1 Å². The van der Waals surface area contributed by atoms with E-state index in [1.54, 1.807) is 18.2 Å². The first kappa shape index (κ1) is 26.3. The van der Waals surface area contributed by atoms with Crippen molar-refractivity contribution in [1.29, 1.82) is 5.26 Å². The van der Waals surface area contributed by atoms with Crippen molar-refractivity contribution >= 4 is 34.8 Å². The Hall–Kier alpha value is -2.88. The number of nitrogens with one attached hydrogen (secondary N) is 1. The van der Waals surface area contributed by atoms with Crippen molar-refractivity contribution in [1.82, 2.24) is 9.80 Å². The van der Waals surface area contributed by atoms with Gasteiger partial charge in [0.2, 0.25) is 5.91 Å². The van der Waals surface area contributed by atoms with E-state index in [4.69, 9.17) is 23.2 Å². The van der Waals surface area contributed by atoms with Gasteiger partial charge in [-0.2, -0.15) is 5.26 Å². The topological polar surface area (TPSA) is 59.4 Å². The number of likely N-dealkylation sites (tertiary alicyclic amines) is 1. The molecule has 3 aromatic rings. The number of rotatable bonds is 5. The molecule has 0 radical (unpaired) electrons. The number of benzene rings is 3. The predicted octanol–water partition coefficient (Wildman–Crippen LogP) is 6.87. The largest absolute Gasteiger partial charge is 0.325 e. The van der Waals surface area contributed by atoms with E-state index in [1.807, 2.05) is 18.2 Å². The normalized spacial score (nSPS) is 19.2. The van der Waals surface area contributed by atoms with Crippen LogP contribution < -0.4 is 5.32 Å². The second-order valence-electron chi connectivity index (χ2n) is 11.1. The summed E-state index contributed by atoms with van der Waals surface area (Å²) in [6, 6.07) is 22.7. The molecule has 0 bridgehead atoms. The number of amides is 1. The Bertz CT molecular complexity index is 1420. The lowest BCUT2D eigenvalue weighted by Gasteiger charge is -2.54. The van der Waals surface area contributed by atoms with Gasteiger partial charge < -0.3 is 10.2 Å². The molecule has 0 unspecified atom stereocenters. The summed E-state index contributed by atoms with van der Waals surface area (Å²) in [5, 5.41) is 13.4. The first-order chi connectivity index (χ1) is 18.9. The number of piperidine rings is 1. The zero-order valence-corrected chi connectivity index (χ0v) is 23.4. The molecule has 1 N–H and O–H groups in total. The molecule has 1 amide bonds. The minimum absolute atomic E-state index is 0.0532. The van der Waals surface area contributed by atoms with Gasteiger partial charge in [0.25, 0.3) is 0 Å². The highest BCUT2D eigenvalue weighted by molar-refractivity contribution is 6.35. The third-order valence-corrected chi connectivity index (χ3v) is 9.32. The van der Waals surface area contributed by atoms with Gasteiger partial charge in [-0.15, -0.1) is 0 Å². The Labute approximate surface area is 240 Å². The van der Waals surface area contributed by atoms with Gasteiger partial charge in [0.05, 0.1) is 18.2 Å². The van der Waals surface area contributed by atoms with Crippen molar-refractivity contribution in [3.05, 3.63) is 87.4 Å². The van der Waals surface area contributed by atoms with E-state index in [-0.39, 0.29) is 11.4 Å². The molecular weight excluding hydrogens is 527 g/mol. The van der Waals surface area contributed by atoms with E-state index in [0.29, 0.717) is 27.8 Å². The molecule has 0 atom stereocenters. The first-order valence-electron chi connectivity index (χ1n) is 13.8. The summed E-state index contributed by atoms with van der Waals surface area (Å²) in [5.41, 5.74) is 6.01. The highest BCUT2D eigenvalue weighted by atomic mass is 35.5. The Morgan fingerprint density at radius 1 is 0.974 bits per heavy atom. The molecule has 3 aliphatic rings. The van der Waals surface area contributed by atoms with Crippen molar-refractivity contribution in [2.75, 3.05) is 31.5 Å². The monoisotopic (exact) mass is 558 g/mol. The third kappa shape index (κ3) is 5.32. The number of nitriles is 1. The molecule has 7 heteroatoms. The molecule has 39 heavy (non-hydrogen) atoms. The quantitative estimate of drug-likeness (QED) is 0.371. The number of hydrogen-bond acceptors (Lipinski definition) is 4. The van der Waals surface area contributed by atoms with Gasteiger partial charge in [0, 0.05) is 46.9 Å².